The Kier molecular flexibility index (Phi) is 6.98. The quantitative estimate of drug-likeness (QED) is 0.489. The van der Waals surface area contributed by atoms with E-state index in [9.17, 15) is 0 Å². The van der Waals surface area contributed by atoms with Gasteiger partial charge in [-0.3, -0.25) is 0 Å². The second-order valence-electron chi connectivity index (χ2n) is 6.51. The van der Waals surface area contributed by atoms with E-state index < -0.39 is 0 Å². The van der Waals surface area contributed by atoms with Crippen LogP contribution in [0.3, 0.4) is 0 Å². The first-order valence-corrected chi connectivity index (χ1v) is 9.77. The van der Waals surface area contributed by atoms with Crippen LogP contribution in [0.2, 0.25) is 10.0 Å². The van der Waals surface area contributed by atoms with Crippen molar-refractivity contribution < 1.29 is 5.11 Å². The van der Waals surface area contributed by atoms with Crippen molar-refractivity contribution in [3.05, 3.63) is 69.8 Å². The molecule has 0 spiro atoms. The molecule has 0 fully saturated rings. The van der Waals surface area contributed by atoms with Crippen LogP contribution in [-0.4, -0.2) is 22.8 Å². The third kappa shape index (κ3) is 4.80. The Balaban J connectivity index is 1.73. The van der Waals surface area contributed by atoms with Gasteiger partial charge in [-0.05, 0) is 55.1 Å². The number of fused-ring (bicyclic) bond motifs is 1. The minimum Gasteiger partial charge on any atom is -0.396 e. The van der Waals surface area contributed by atoms with Crippen molar-refractivity contribution in [2.24, 2.45) is 0 Å². The highest BCUT2D eigenvalue weighted by molar-refractivity contribution is 6.42. The van der Waals surface area contributed by atoms with Crippen LogP contribution in [0.15, 0.2) is 48.7 Å². The molecule has 5 heteroatoms. The van der Waals surface area contributed by atoms with Crippen molar-refractivity contribution in [1.29, 1.82) is 0 Å². The van der Waals surface area contributed by atoms with Crippen molar-refractivity contribution in [3.63, 3.8) is 0 Å². The largest absolute Gasteiger partial charge is 0.396 e. The zero-order valence-corrected chi connectivity index (χ0v) is 16.2. The molecule has 2 aromatic carbocycles. The van der Waals surface area contributed by atoms with E-state index in [0.717, 1.165) is 44.5 Å². The molecular weight excluding hydrogens is 367 g/mol. The van der Waals surface area contributed by atoms with Gasteiger partial charge >= 0.3 is 0 Å². The maximum absolute atomic E-state index is 8.84. The van der Waals surface area contributed by atoms with Crippen LogP contribution in [0.5, 0.6) is 0 Å². The number of hydrogen-bond acceptors (Lipinski definition) is 2. The highest BCUT2D eigenvalue weighted by atomic mass is 35.5. The van der Waals surface area contributed by atoms with Crippen molar-refractivity contribution in [3.8, 4) is 0 Å². The summed E-state index contributed by atoms with van der Waals surface area (Å²) in [6.07, 6.45) is 5.24. The second kappa shape index (κ2) is 9.43. The third-order valence-corrected chi connectivity index (χ3v) is 5.27. The summed E-state index contributed by atoms with van der Waals surface area (Å²) in [5.41, 5.74) is 3.64. The predicted molar refractivity (Wildman–Crippen MR) is 110 cm³/mol. The molecule has 138 valence electrons. The molecule has 0 amide bonds. The topological polar surface area (TPSA) is 37.2 Å². The summed E-state index contributed by atoms with van der Waals surface area (Å²) in [6, 6.07) is 14.3. The van der Waals surface area contributed by atoms with Crippen LogP contribution in [0.1, 0.15) is 30.4 Å². The Morgan fingerprint density at radius 3 is 2.62 bits per heavy atom. The molecular formula is C21H24Cl2N2O. The molecule has 0 saturated carbocycles. The third-order valence-electron chi connectivity index (χ3n) is 4.54. The van der Waals surface area contributed by atoms with Gasteiger partial charge in [-0.2, -0.15) is 0 Å². The van der Waals surface area contributed by atoms with Crippen molar-refractivity contribution >= 4 is 34.1 Å². The molecule has 0 saturated heterocycles. The van der Waals surface area contributed by atoms with Gasteiger partial charge in [0, 0.05) is 36.8 Å². The highest BCUT2D eigenvalue weighted by Crippen LogP contribution is 2.26. The molecule has 3 rings (SSSR count). The number of aliphatic hydroxyl groups is 1. The van der Waals surface area contributed by atoms with Crippen LogP contribution in [0, 0.1) is 0 Å². The fourth-order valence-corrected chi connectivity index (χ4v) is 3.51. The number of aromatic nitrogens is 1. The maximum atomic E-state index is 8.84. The average Bonchev–Trinajstić information content (AvgIpc) is 2.99. The van der Waals surface area contributed by atoms with E-state index in [1.165, 1.54) is 16.5 Å². The number of halogens is 2. The molecule has 26 heavy (non-hydrogen) atoms. The number of benzene rings is 2. The van der Waals surface area contributed by atoms with Gasteiger partial charge in [0.2, 0.25) is 0 Å². The molecule has 0 aliphatic rings. The first kappa shape index (κ1) is 19.2. The fraction of sp³-hybridized carbons (Fsp3) is 0.333. The first-order valence-electron chi connectivity index (χ1n) is 9.01. The van der Waals surface area contributed by atoms with Crippen LogP contribution >= 0.6 is 23.2 Å². The monoisotopic (exact) mass is 390 g/mol. The number of aliphatic hydroxyl groups excluding tert-OH is 1. The average molecular weight is 391 g/mol. The summed E-state index contributed by atoms with van der Waals surface area (Å²) in [4.78, 5) is 0. The summed E-state index contributed by atoms with van der Waals surface area (Å²) in [5.74, 6) is 0. The highest BCUT2D eigenvalue weighted by Gasteiger charge is 2.09. The molecule has 1 aromatic heterocycles. The van der Waals surface area contributed by atoms with Crippen molar-refractivity contribution in [2.45, 2.75) is 32.4 Å². The van der Waals surface area contributed by atoms with Crippen LogP contribution in [0.25, 0.3) is 10.9 Å². The lowest BCUT2D eigenvalue weighted by Gasteiger charge is -2.07. The van der Waals surface area contributed by atoms with E-state index in [2.05, 4.69) is 40.3 Å². The molecule has 0 aliphatic heterocycles. The minimum absolute atomic E-state index is 0.280. The van der Waals surface area contributed by atoms with E-state index in [1.807, 2.05) is 18.2 Å². The smallest absolute Gasteiger partial charge is 0.0595 e. The molecule has 3 nitrogen and oxygen atoms in total. The Labute approximate surface area is 164 Å². The van der Waals surface area contributed by atoms with E-state index in [-0.39, 0.29) is 6.61 Å². The maximum Gasteiger partial charge on any atom is 0.0595 e. The zero-order chi connectivity index (χ0) is 18.4. The molecule has 0 bridgehead atoms. The summed E-state index contributed by atoms with van der Waals surface area (Å²) in [7, 11) is 0. The van der Waals surface area contributed by atoms with Crippen molar-refractivity contribution in [2.75, 3.05) is 13.2 Å². The van der Waals surface area contributed by atoms with Crippen LogP contribution in [0.4, 0.5) is 0 Å². The molecule has 0 aliphatic carbocycles. The van der Waals surface area contributed by atoms with Gasteiger partial charge in [-0.25, -0.2) is 0 Å². The Morgan fingerprint density at radius 2 is 1.81 bits per heavy atom. The Bertz CT molecular complexity index is 860. The lowest BCUT2D eigenvalue weighted by atomic mass is 10.1. The number of hydrogen-bond donors (Lipinski definition) is 2. The van der Waals surface area contributed by atoms with E-state index >= 15 is 0 Å². The van der Waals surface area contributed by atoms with Gasteiger partial charge in [-0.1, -0.05) is 47.5 Å². The van der Waals surface area contributed by atoms with E-state index in [4.69, 9.17) is 28.3 Å². The molecule has 0 radical (unpaired) electrons. The first-order chi connectivity index (χ1) is 12.7. The summed E-state index contributed by atoms with van der Waals surface area (Å²) in [5, 5.41) is 14.8. The molecule has 0 unspecified atom stereocenters. The Hall–Kier alpha value is -1.52. The number of nitrogens with one attached hydrogen (secondary N) is 1. The van der Waals surface area contributed by atoms with Crippen LogP contribution in [-0.2, 0) is 13.1 Å². The van der Waals surface area contributed by atoms with Gasteiger partial charge in [0.1, 0.15) is 0 Å². The molecule has 3 aromatic rings. The number of rotatable bonds is 9. The summed E-state index contributed by atoms with van der Waals surface area (Å²) < 4.78 is 2.26. The lowest BCUT2D eigenvalue weighted by Crippen LogP contribution is -2.14. The van der Waals surface area contributed by atoms with Crippen LogP contribution < -0.4 is 5.32 Å². The fourth-order valence-electron chi connectivity index (χ4n) is 3.19. The van der Waals surface area contributed by atoms with Crippen molar-refractivity contribution in [1.82, 2.24) is 9.88 Å². The molecule has 0 atom stereocenters. The standard InChI is InChI=1S/C21H24Cl2N2O/c22-19-9-8-16(12-20(19)23)14-25-15-17(13-24-10-4-1-5-11-26)18-6-2-3-7-21(18)25/h2-3,6-9,12,15,24,26H,1,4-5,10-11,13-14H2. The Morgan fingerprint density at radius 1 is 0.962 bits per heavy atom. The second-order valence-corrected chi connectivity index (χ2v) is 7.32. The van der Waals surface area contributed by atoms with E-state index in [0.29, 0.717) is 10.0 Å². The van der Waals surface area contributed by atoms with Gasteiger partial charge < -0.3 is 15.0 Å². The number of para-hydroxylation sites is 1. The van der Waals surface area contributed by atoms with Gasteiger partial charge in [0.15, 0.2) is 0 Å². The summed E-state index contributed by atoms with van der Waals surface area (Å²) in [6.45, 7) is 2.84. The predicted octanol–water partition coefficient (Wildman–Crippen LogP) is 5.25. The normalized spacial score (nSPS) is 11.3. The molecule has 2 N–H and O–H groups in total. The minimum atomic E-state index is 0.280. The number of unbranched alkanes of at least 4 members (excludes halogenated alkanes) is 2. The van der Waals surface area contributed by atoms with E-state index in [1.54, 1.807) is 0 Å². The van der Waals surface area contributed by atoms with Gasteiger partial charge in [0.25, 0.3) is 0 Å². The zero-order valence-electron chi connectivity index (χ0n) is 14.7. The number of nitrogens with zero attached hydrogens (tertiary/aromatic N) is 1. The summed E-state index contributed by atoms with van der Waals surface area (Å²) >= 11 is 12.2. The SMILES string of the molecule is OCCCCCNCc1cn(Cc2ccc(Cl)c(Cl)c2)c2ccccc12. The van der Waals surface area contributed by atoms with Gasteiger partial charge in [-0.15, -0.1) is 0 Å². The lowest BCUT2D eigenvalue weighted by molar-refractivity contribution is 0.283. The molecule has 1 heterocycles. The van der Waals surface area contributed by atoms with Gasteiger partial charge in [0.05, 0.1) is 10.0 Å².